The highest BCUT2D eigenvalue weighted by Gasteiger charge is 2.11. The van der Waals surface area contributed by atoms with E-state index >= 15 is 0 Å². The summed E-state index contributed by atoms with van der Waals surface area (Å²) in [6.07, 6.45) is 4.61. The summed E-state index contributed by atoms with van der Waals surface area (Å²) in [6, 6.07) is 16.7. The van der Waals surface area contributed by atoms with Gasteiger partial charge in [-0.1, -0.05) is 54.1 Å². The first kappa shape index (κ1) is 12.8. The molecule has 0 saturated carbocycles. The summed E-state index contributed by atoms with van der Waals surface area (Å²) in [5.41, 5.74) is 10.1. The van der Waals surface area contributed by atoms with Crippen LogP contribution in [0.5, 0.6) is 0 Å². The number of hydrogen-bond donors (Lipinski definition) is 1. The Morgan fingerprint density at radius 2 is 1.90 bits per heavy atom. The van der Waals surface area contributed by atoms with Crippen LogP contribution in [-0.4, -0.2) is 4.98 Å². The normalized spacial score (nSPS) is 12.5. The molecule has 3 aromatic rings. The number of nitrogens with zero attached hydrogens (tertiary/aromatic N) is 1. The molecule has 0 aliphatic rings. The molecule has 2 N–H and O–H groups in total. The van der Waals surface area contributed by atoms with Crippen LogP contribution in [0.2, 0.25) is 0 Å². The first-order valence-corrected chi connectivity index (χ1v) is 6.88. The Labute approximate surface area is 119 Å². The molecule has 0 saturated heterocycles. The van der Waals surface area contributed by atoms with Crippen molar-refractivity contribution in [2.45, 2.75) is 19.4 Å². The molecule has 20 heavy (non-hydrogen) atoms. The number of nitrogens with two attached hydrogens (primary N) is 1. The van der Waals surface area contributed by atoms with Gasteiger partial charge in [0.05, 0.1) is 0 Å². The molecule has 1 unspecified atom stereocenters. The summed E-state index contributed by atoms with van der Waals surface area (Å²) < 4.78 is 0. The predicted octanol–water partition coefficient (Wildman–Crippen LogP) is 3.79. The molecule has 0 bridgehead atoms. The van der Waals surface area contributed by atoms with E-state index in [2.05, 4.69) is 48.3 Å². The lowest BCUT2D eigenvalue weighted by Gasteiger charge is -2.14. The third-order valence-electron chi connectivity index (χ3n) is 3.64. The third-order valence-corrected chi connectivity index (χ3v) is 3.64. The van der Waals surface area contributed by atoms with Crippen LogP contribution in [0.25, 0.3) is 10.8 Å². The standard InChI is InChI=1S/C18H18N2/c1-13-5-4-6-14(9-13)10-18(19)17-12-20-11-15-7-2-3-8-16(15)17/h2-9,11-12,18H,10,19H2,1H3. The Morgan fingerprint density at radius 3 is 2.75 bits per heavy atom. The fourth-order valence-corrected chi connectivity index (χ4v) is 2.64. The van der Waals surface area contributed by atoms with E-state index in [9.17, 15) is 0 Å². The van der Waals surface area contributed by atoms with Gasteiger partial charge in [0, 0.05) is 23.8 Å². The minimum absolute atomic E-state index is 0.0320. The zero-order valence-electron chi connectivity index (χ0n) is 11.6. The minimum atomic E-state index is -0.0320. The average Bonchev–Trinajstić information content (AvgIpc) is 2.46. The molecule has 2 heteroatoms. The lowest BCUT2D eigenvalue weighted by atomic mass is 9.96. The third kappa shape index (κ3) is 2.56. The molecule has 0 aliphatic carbocycles. The van der Waals surface area contributed by atoms with Gasteiger partial charge in [-0.15, -0.1) is 0 Å². The van der Waals surface area contributed by atoms with Crippen LogP contribution in [0.1, 0.15) is 22.7 Å². The smallest absolute Gasteiger partial charge is 0.0357 e. The van der Waals surface area contributed by atoms with Crippen molar-refractivity contribution in [3.63, 3.8) is 0 Å². The monoisotopic (exact) mass is 262 g/mol. The number of benzene rings is 2. The fraction of sp³-hybridized carbons (Fsp3) is 0.167. The van der Waals surface area contributed by atoms with Gasteiger partial charge in [-0.25, -0.2) is 0 Å². The largest absolute Gasteiger partial charge is 0.324 e. The van der Waals surface area contributed by atoms with Crippen molar-refractivity contribution in [3.05, 3.63) is 77.6 Å². The van der Waals surface area contributed by atoms with E-state index in [1.165, 1.54) is 16.5 Å². The molecule has 1 heterocycles. The second-order valence-electron chi connectivity index (χ2n) is 5.25. The summed E-state index contributed by atoms with van der Waals surface area (Å²) in [5, 5.41) is 2.34. The molecule has 0 amide bonds. The van der Waals surface area contributed by atoms with Gasteiger partial charge in [-0.3, -0.25) is 4.98 Å². The SMILES string of the molecule is Cc1cccc(CC(N)c2cncc3ccccc23)c1. The van der Waals surface area contributed by atoms with Crippen LogP contribution in [0, 0.1) is 6.92 Å². The summed E-state index contributed by atoms with van der Waals surface area (Å²) >= 11 is 0. The van der Waals surface area contributed by atoms with Crippen molar-refractivity contribution in [3.8, 4) is 0 Å². The highest BCUT2D eigenvalue weighted by atomic mass is 14.7. The van der Waals surface area contributed by atoms with Gasteiger partial charge in [0.1, 0.15) is 0 Å². The van der Waals surface area contributed by atoms with Crippen LogP contribution in [-0.2, 0) is 6.42 Å². The Kier molecular flexibility index (Phi) is 3.48. The molecule has 2 aromatic carbocycles. The van der Waals surface area contributed by atoms with Gasteiger partial charge >= 0.3 is 0 Å². The van der Waals surface area contributed by atoms with Crippen molar-refractivity contribution in [1.82, 2.24) is 4.98 Å². The highest BCUT2D eigenvalue weighted by molar-refractivity contribution is 5.85. The molecule has 0 aliphatic heterocycles. The second kappa shape index (κ2) is 5.43. The molecule has 3 rings (SSSR count). The lowest BCUT2D eigenvalue weighted by Crippen LogP contribution is -2.14. The molecular weight excluding hydrogens is 244 g/mol. The van der Waals surface area contributed by atoms with Gasteiger partial charge < -0.3 is 5.73 Å². The average molecular weight is 262 g/mol. The van der Waals surface area contributed by atoms with E-state index in [1.54, 1.807) is 0 Å². The number of rotatable bonds is 3. The van der Waals surface area contributed by atoms with Crippen LogP contribution in [0.15, 0.2) is 60.9 Å². The molecule has 1 atom stereocenters. The molecule has 2 nitrogen and oxygen atoms in total. The van der Waals surface area contributed by atoms with Crippen LogP contribution < -0.4 is 5.73 Å². The highest BCUT2D eigenvalue weighted by Crippen LogP contribution is 2.24. The van der Waals surface area contributed by atoms with Crippen molar-refractivity contribution in [2.75, 3.05) is 0 Å². The van der Waals surface area contributed by atoms with E-state index in [4.69, 9.17) is 5.73 Å². The Bertz CT molecular complexity index is 729. The number of pyridine rings is 1. The van der Waals surface area contributed by atoms with Gasteiger partial charge in [0.25, 0.3) is 0 Å². The molecule has 0 radical (unpaired) electrons. The van der Waals surface area contributed by atoms with Crippen molar-refractivity contribution < 1.29 is 0 Å². The zero-order valence-corrected chi connectivity index (χ0v) is 11.6. The van der Waals surface area contributed by atoms with E-state index < -0.39 is 0 Å². The van der Waals surface area contributed by atoms with Gasteiger partial charge in [0.2, 0.25) is 0 Å². The number of aryl methyl sites for hydroxylation is 1. The Hall–Kier alpha value is -2.19. The van der Waals surface area contributed by atoms with Gasteiger partial charge in [-0.2, -0.15) is 0 Å². The Balaban J connectivity index is 1.94. The molecule has 0 spiro atoms. The minimum Gasteiger partial charge on any atom is -0.324 e. The van der Waals surface area contributed by atoms with E-state index in [1.807, 2.05) is 24.5 Å². The first-order valence-electron chi connectivity index (χ1n) is 6.88. The molecule has 1 aromatic heterocycles. The number of aromatic nitrogens is 1. The van der Waals surface area contributed by atoms with E-state index in [0.29, 0.717) is 0 Å². The summed E-state index contributed by atoms with van der Waals surface area (Å²) in [6.45, 7) is 2.11. The maximum Gasteiger partial charge on any atom is 0.0357 e. The van der Waals surface area contributed by atoms with E-state index in [0.717, 1.165) is 17.4 Å². The second-order valence-corrected chi connectivity index (χ2v) is 5.25. The molecule has 0 fully saturated rings. The quantitative estimate of drug-likeness (QED) is 0.780. The fourth-order valence-electron chi connectivity index (χ4n) is 2.64. The predicted molar refractivity (Wildman–Crippen MR) is 83.6 cm³/mol. The molecule has 100 valence electrons. The van der Waals surface area contributed by atoms with Crippen molar-refractivity contribution >= 4 is 10.8 Å². The van der Waals surface area contributed by atoms with Gasteiger partial charge in [0.15, 0.2) is 0 Å². The maximum absolute atomic E-state index is 6.40. The summed E-state index contributed by atoms with van der Waals surface area (Å²) in [7, 11) is 0. The topological polar surface area (TPSA) is 38.9 Å². The van der Waals surface area contributed by atoms with E-state index in [-0.39, 0.29) is 6.04 Å². The van der Waals surface area contributed by atoms with Crippen LogP contribution in [0.4, 0.5) is 0 Å². The van der Waals surface area contributed by atoms with Crippen molar-refractivity contribution in [2.24, 2.45) is 5.73 Å². The summed E-state index contributed by atoms with van der Waals surface area (Å²) in [4.78, 5) is 4.31. The van der Waals surface area contributed by atoms with Crippen LogP contribution in [0.3, 0.4) is 0 Å². The lowest BCUT2D eigenvalue weighted by molar-refractivity contribution is 0.724. The van der Waals surface area contributed by atoms with Crippen molar-refractivity contribution in [1.29, 1.82) is 0 Å². The van der Waals surface area contributed by atoms with Gasteiger partial charge in [-0.05, 0) is 29.9 Å². The number of fused-ring (bicyclic) bond motifs is 1. The first-order chi connectivity index (χ1) is 9.74. The maximum atomic E-state index is 6.40. The molecular formula is C18H18N2. The number of hydrogen-bond acceptors (Lipinski definition) is 2. The zero-order chi connectivity index (χ0) is 13.9. The van der Waals surface area contributed by atoms with Crippen LogP contribution >= 0.6 is 0 Å². The Morgan fingerprint density at radius 1 is 1.05 bits per heavy atom. The summed E-state index contributed by atoms with van der Waals surface area (Å²) in [5.74, 6) is 0.